The molecule has 1 heterocycles. The van der Waals surface area contributed by atoms with Crippen LogP contribution in [-0.4, -0.2) is 65.6 Å². The highest BCUT2D eigenvalue weighted by atomic mass is 16.6. The van der Waals surface area contributed by atoms with Crippen LogP contribution in [0.4, 0.5) is 0 Å². The predicted molar refractivity (Wildman–Crippen MR) is 52.4 cm³/mol. The molecule has 0 bridgehead atoms. The number of carbonyl (C=O) groups is 1. The van der Waals surface area contributed by atoms with Crippen molar-refractivity contribution < 1.29 is 29.6 Å². The summed E-state index contributed by atoms with van der Waals surface area (Å²) in [6, 6.07) is -1.04. The molecule has 5 atom stereocenters. The minimum atomic E-state index is -1.37. The Labute approximate surface area is 93.0 Å². The summed E-state index contributed by atoms with van der Waals surface area (Å²) < 4.78 is 9.80. The van der Waals surface area contributed by atoms with E-state index in [1.54, 1.807) is 0 Å². The molecule has 1 fully saturated rings. The number of carbonyl (C=O) groups excluding carboxylic acids is 1. The number of rotatable bonds is 3. The van der Waals surface area contributed by atoms with Crippen LogP contribution in [-0.2, 0) is 14.3 Å². The second-order valence-electron chi connectivity index (χ2n) is 3.73. The first kappa shape index (κ1) is 13.3. The Kier molecular flexibility index (Phi) is 4.63. The highest BCUT2D eigenvalue weighted by Gasteiger charge is 2.44. The van der Waals surface area contributed by atoms with Crippen LogP contribution in [0.2, 0.25) is 0 Å². The normalized spacial score (nSPS) is 39.4. The molecular formula is C9H17NO6. The Morgan fingerprint density at radius 1 is 1.38 bits per heavy atom. The largest absolute Gasteiger partial charge is 0.388 e. The molecule has 0 radical (unpaired) electrons. The summed E-state index contributed by atoms with van der Waals surface area (Å²) in [6.07, 6.45) is -4.71. The summed E-state index contributed by atoms with van der Waals surface area (Å²) in [5.74, 6) is -0.427. The molecule has 1 rings (SSSR count). The van der Waals surface area contributed by atoms with Crippen LogP contribution in [0.3, 0.4) is 0 Å². The molecule has 0 aromatic rings. The van der Waals surface area contributed by atoms with E-state index < -0.39 is 36.6 Å². The molecule has 0 aliphatic carbocycles. The minimum absolute atomic E-state index is 0.0437. The molecule has 7 heteroatoms. The molecule has 0 aromatic heterocycles. The van der Waals surface area contributed by atoms with E-state index in [2.05, 4.69) is 5.32 Å². The van der Waals surface area contributed by atoms with Crippen LogP contribution < -0.4 is 5.32 Å². The van der Waals surface area contributed by atoms with E-state index in [9.17, 15) is 20.1 Å². The number of aliphatic hydroxyl groups is 3. The zero-order valence-corrected chi connectivity index (χ0v) is 9.16. The lowest BCUT2D eigenvalue weighted by Crippen LogP contribution is -2.64. The molecule has 4 N–H and O–H groups in total. The van der Waals surface area contributed by atoms with Crippen molar-refractivity contribution >= 4 is 5.91 Å². The average molecular weight is 235 g/mol. The number of hydrogen-bond acceptors (Lipinski definition) is 6. The van der Waals surface area contributed by atoms with Crippen LogP contribution in [0.15, 0.2) is 0 Å². The summed E-state index contributed by atoms with van der Waals surface area (Å²) >= 11 is 0. The molecule has 16 heavy (non-hydrogen) atoms. The van der Waals surface area contributed by atoms with E-state index >= 15 is 0 Å². The average Bonchev–Trinajstić information content (AvgIpc) is 2.21. The first-order valence-electron chi connectivity index (χ1n) is 4.93. The predicted octanol–water partition coefficient (Wildman–Crippen LogP) is -2.42. The maximum Gasteiger partial charge on any atom is 0.217 e. The standard InChI is InChI=1S/C9H17NO6/c1-4(11)10-6-8(13)7(12)5(3-15-2)16-9(6)14/h5-9,12-14H,3H2,1-2H3,(H,10,11)/t5-,6-,7-,8-,9-/m1/s1. The lowest BCUT2D eigenvalue weighted by atomic mass is 9.97. The molecule has 1 amide bonds. The highest BCUT2D eigenvalue weighted by Crippen LogP contribution is 2.20. The van der Waals surface area contributed by atoms with Crippen molar-refractivity contribution in [3.8, 4) is 0 Å². The fourth-order valence-electron chi connectivity index (χ4n) is 1.64. The van der Waals surface area contributed by atoms with E-state index in [1.807, 2.05) is 0 Å². The van der Waals surface area contributed by atoms with Gasteiger partial charge < -0.3 is 30.1 Å². The van der Waals surface area contributed by atoms with Crippen LogP contribution >= 0.6 is 0 Å². The van der Waals surface area contributed by atoms with Gasteiger partial charge in [0.2, 0.25) is 5.91 Å². The SMILES string of the molecule is COC[C@H]1O[C@@H](O)[C@H](NC(C)=O)[C@@H](O)[C@@H]1O. The summed E-state index contributed by atoms with van der Waals surface area (Å²) in [7, 11) is 1.41. The van der Waals surface area contributed by atoms with Gasteiger partial charge in [-0.15, -0.1) is 0 Å². The lowest BCUT2D eigenvalue weighted by molar-refractivity contribution is -0.255. The van der Waals surface area contributed by atoms with Crippen LogP contribution in [0.5, 0.6) is 0 Å². The minimum Gasteiger partial charge on any atom is -0.388 e. The monoisotopic (exact) mass is 235 g/mol. The van der Waals surface area contributed by atoms with Crippen molar-refractivity contribution in [2.24, 2.45) is 0 Å². The number of nitrogens with one attached hydrogen (secondary N) is 1. The summed E-state index contributed by atoms with van der Waals surface area (Å²) in [4.78, 5) is 10.8. The van der Waals surface area contributed by atoms with Gasteiger partial charge in [0.05, 0.1) is 6.61 Å². The van der Waals surface area contributed by atoms with E-state index in [0.29, 0.717) is 0 Å². The zero-order valence-electron chi connectivity index (χ0n) is 9.16. The van der Waals surface area contributed by atoms with Gasteiger partial charge in [0.1, 0.15) is 24.4 Å². The van der Waals surface area contributed by atoms with E-state index in [4.69, 9.17) is 9.47 Å². The van der Waals surface area contributed by atoms with Crippen molar-refractivity contribution in [3.05, 3.63) is 0 Å². The second kappa shape index (κ2) is 5.55. The van der Waals surface area contributed by atoms with Gasteiger partial charge in [-0.05, 0) is 0 Å². The molecule has 0 aromatic carbocycles. The van der Waals surface area contributed by atoms with Crippen LogP contribution in [0, 0.1) is 0 Å². The van der Waals surface area contributed by atoms with Crippen molar-refractivity contribution in [1.82, 2.24) is 5.32 Å². The fourth-order valence-corrected chi connectivity index (χ4v) is 1.64. The molecule has 7 nitrogen and oxygen atoms in total. The number of aliphatic hydroxyl groups excluding tert-OH is 3. The fraction of sp³-hybridized carbons (Fsp3) is 0.889. The van der Waals surface area contributed by atoms with Gasteiger partial charge in [-0.2, -0.15) is 0 Å². The van der Waals surface area contributed by atoms with Gasteiger partial charge in [0.25, 0.3) is 0 Å². The Hall–Kier alpha value is -0.730. The van der Waals surface area contributed by atoms with Gasteiger partial charge in [-0.1, -0.05) is 0 Å². The molecule has 0 unspecified atom stereocenters. The maximum atomic E-state index is 10.8. The Morgan fingerprint density at radius 3 is 2.50 bits per heavy atom. The van der Waals surface area contributed by atoms with E-state index in [-0.39, 0.29) is 6.61 Å². The van der Waals surface area contributed by atoms with Gasteiger partial charge in [-0.25, -0.2) is 0 Å². The Balaban J connectivity index is 2.67. The van der Waals surface area contributed by atoms with Gasteiger partial charge in [0.15, 0.2) is 6.29 Å². The van der Waals surface area contributed by atoms with Crippen molar-refractivity contribution in [2.45, 2.75) is 37.6 Å². The number of methoxy groups -OCH3 is 1. The van der Waals surface area contributed by atoms with Crippen molar-refractivity contribution in [1.29, 1.82) is 0 Å². The summed E-state index contributed by atoms with van der Waals surface area (Å²) in [6.45, 7) is 1.29. The molecule has 0 spiro atoms. The van der Waals surface area contributed by atoms with Gasteiger partial charge >= 0.3 is 0 Å². The highest BCUT2D eigenvalue weighted by molar-refractivity contribution is 5.73. The Bertz CT molecular complexity index is 248. The van der Waals surface area contributed by atoms with Crippen LogP contribution in [0.1, 0.15) is 6.92 Å². The molecule has 1 aliphatic rings. The number of ether oxygens (including phenoxy) is 2. The molecular weight excluding hydrogens is 218 g/mol. The third-order valence-electron chi connectivity index (χ3n) is 2.42. The van der Waals surface area contributed by atoms with Gasteiger partial charge in [-0.3, -0.25) is 4.79 Å². The molecule has 0 saturated carbocycles. The van der Waals surface area contributed by atoms with Crippen molar-refractivity contribution in [3.63, 3.8) is 0 Å². The Morgan fingerprint density at radius 2 is 2.00 bits per heavy atom. The number of hydrogen-bond donors (Lipinski definition) is 4. The quantitative estimate of drug-likeness (QED) is 0.433. The molecule has 1 aliphatic heterocycles. The first-order chi connectivity index (χ1) is 7.47. The number of amides is 1. The van der Waals surface area contributed by atoms with E-state index in [1.165, 1.54) is 14.0 Å². The van der Waals surface area contributed by atoms with Crippen molar-refractivity contribution in [2.75, 3.05) is 13.7 Å². The smallest absolute Gasteiger partial charge is 0.217 e. The summed E-state index contributed by atoms with van der Waals surface area (Å²) in [5.41, 5.74) is 0. The molecule has 94 valence electrons. The van der Waals surface area contributed by atoms with E-state index in [0.717, 1.165) is 0 Å². The van der Waals surface area contributed by atoms with Gasteiger partial charge in [0, 0.05) is 14.0 Å². The molecule has 1 saturated heterocycles. The maximum absolute atomic E-state index is 10.8. The zero-order chi connectivity index (χ0) is 12.3. The lowest BCUT2D eigenvalue weighted by Gasteiger charge is -2.40. The third-order valence-corrected chi connectivity index (χ3v) is 2.42. The third kappa shape index (κ3) is 2.89. The van der Waals surface area contributed by atoms with Crippen LogP contribution in [0.25, 0.3) is 0 Å². The topological polar surface area (TPSA) is 108 Å². The second-order valence-corrected chi connectivity index (χ2v) is 3.73. The first-order valence-corrected chi connectivity index (χ1v) is 4.93. The summed E-state index contributed by atoms with van der Waals surface area (Å²) in [5, 5.41) is 31.2.